The van der Waals surface area contributed by atoms with Crippen molar-refractivity contribution in [1.29, 1.82) is 5.26 Å². The number of rotatable bonds is 6. The van der Waals surface area contributed by atoms with Gasteiger partial charge < -0.3 is 25.6 Å². The Morgan fingerprint density at radius 2 is 2.21 bits per heavy atom. The smallest absolute Gasteiger partial charge is 0.276 e. The van der Waals surface area contributed by atoms with E-state index < -0.39 is 0 Å². The van der Waals surface area contributed by atoms with Crippen LogP contribution in [0.5, 0.6) is 0 Å². The van der Waals surface area contributed by atoms with E-state index in [2.05, 4.69) is 36.1 Å². The third-order valence-electron chi connectivity index (χ3n) is 3.95. The van der Waals surface area contributed by atoms with E-state index in [1.54, 1.807) is 20.2 Å². The number of ether oxygens (including phenoxy) is 1. The molecule has 0 aromatic carbocycles. The van der Waals surface area contributed by atoms with Crippen LogP contribution < -0.4 is 16.0 Å². The fourth-order valence-corrected chi connectivity index (χ4v) is 2.51. The van der Waals surface area contributed by atoms with Crippen LogP contribution in [0.25, 0.3) is 0 Å². The number of anilines is 3. The summed E-state index contributed by atoms with van der Waals surface area (Å²) >= 11 is 0. The van der Waals surface area contributed by atoms with Crippen molar-refractivity contribution < 1.29 is 9.53 Å². The summed E-state index contributed by atoms with van der Waals surface area (Å²) < 4.78 is 5.68. The van der Waals surface area contributed by atoms with Crippen molar-refractivity contribution in [3.05, 3.63) is 29.8 Å². The molecule has 3 rings (SSSR count). The summed E-state index contributed by atoms with van der Waals surface area (Å²) in [6, 6.07) is 3.59. The van der Waals surface area contributed by atoms with Gasteiger partial charge in [0.15, 0.2) is 17.2 Å². The lowest BCUT2D eigenvalue weighted by molar-refractivity contribution is 0.0372. The van der Waals surface area contributed by atoms with E-state index in [1.807, 2.05) is 6.07 Å². The average molecular weight is 383 g/mol. The van der Waals surface area contributed by atoms with Gasteiger partial charge in [-0.1, -0.05) is 0 Å². The Bertz CT molecular complexity index is 858. The van der Waals surface area contributed by atoms with Crippen molar-refractivity contribution in [3.8, 4) is 6.07 Å². The first kappa shape index (κ1) is 19.4. The molecule has 3 N–H and O–H groups in total. The first-order valence-electron chi connectivity index (χ1n) is 8.71. The van der Waals surface area contributed by atoms with E-state index in [0.29, 0.717) is 30.5 Å². The van der Waals surface area contributed by atoms with Crippen molar-refractivity contribution in [2.75, 3.05) is 51.0 Å². The largest absolute Gasteiger partial charge is 0.380 e. The molecule has 11 nitrogen and oxygen atoms in total. The zero-order chi connectivity index (χ0) is 19.9. The summed E-state index contributed by atoms with van der Waals surface area (Å²) in [5.74, 6) is 0.535. The summed E-state index contributed by atoms with van der Waals surface area (Å²) in [6.07, 6.45) is 2.77. The molecular formula is C17H21N9O2. The fraction of sp³-hybridized carbons (Fsp3) is 0.412. The van der Waals surface area contributed by atoms with Gasteiger partial charge in [0.1, 0.15) is 11.9 Å². The van der Waals surface area contributed by atoms with Gasteiger partial charge >= 0.3 is 0 Å². The van der Waals surface area contributed by atoms with Crippen LogP contribution in [0.3, 0.4) is 0 Å². The third-order valence-corrected chi connectivity index (χ3v) is 3.95. The summed E-state index contributed by atoms with van der Waals surface area (Å²) in [5, 5.41) is 26.4. The number of carbonyl (C=O) groups excluding carboxylic acids is 1. The highest BCUT2D eigenvalue weighted by atomic mass is 16.5. The van der Waals surface area contributed by atoms with Gasteiger partial charge in [0.2, 0.25) is 0 Å². The minimum absolute atomic E-state index is 0.00924. The van der Waals surface area contributed by atoms with Crippen LogP contribution in [-0.4, -0.2) is 77.4 Å². The molecule has 2 aromatic rings. The molecule has 1 aliphatic rings. The summed E-state index contributed by atoms with van der Waals surface area (Å²) in [5.41, 5.74) is 0.962. The van der Waals surface area contributed by atoms with Crippen LogP contribution in [-0.2, 0) is 4.74 Å². The quantitative estimate of drug-likeness (QED) is 0.623. The van der Waals surface area contributed by atoms with Crippen molar-refractivity contribution in [2.24, 2.45) is 0 Å². The molecule has 1 aliphatic heterocycles. The third kappa shape index (κ3) is 4.87. The molecule has 0 bridgehead atoms. The topological polar surface area (TPSA) is 141 Å². The number of aromatic nitrogens is 4. The van der Waals surface area contributed by atoms with Crippen molar-refractivity contribution in [3.63, 3.8) is 0 Å². The van der Waals surface area contributed by atoms with E-state index in [4.69, 9.17) is 10.00 Å². The van der Waals surface area contributed by atoms with Crippen LogP contribution in [0.2, 0.25) is 0 Å². The van der Waals surface area contributed by atoms with Gasteiger partial charge in [-0.25, -0.2) is 9.97 Å². The van der Waals surface area contributed by atoms with Crippen molar-refractivity contribution in [2.45, 2.75) is 6.10 Å². The Kier molecular flexibility index (Phi) is 6.25. The summed E-state index contributed by atoms with van der Waals surface area (Å²) in [7, 11) is 3.31. The molecule has 0 spiro atoms. The summed E-state index contributed by atoms with van der Waals surface area (Å²) in [4.78, 5) is 21.9. The number of morpholine rings is 1. The maximum atomic E-state index is 12.4. The zero-order valence-electron chi connectivity index (χ0n) is 15.6. The van der Waals surface area contributed by atoms with Crippen molar-refractivity contribution >= 4 is 23.2 Å². The normalized spacial score (nSPS) is 16.1. The molecular weight excluding hydrogens is 362 g/mol. The van der Waals surface area contributed by atoms with E-state index in [1.165, 1.54) is 17.3 Å². The van der Waals surface area contributed by atoms with E-state index in [9.17, 15) is 4.79 Å². The molecule has 11 heteroatoms. The second kappa shape index (κ2) is 9.03. The van der Waals surface area contributed by atoms with Crippen LogP contribution in [0, 0.1) is 11.3 Å². The van der Waals surface area contributed by atoms with Crippen LogP contribution in [0.1, 0.15) is 16.2 Å². The minimum atomic E-state index is -0.262. The van der Waals surface area contributed by atoms with Gasteiger partial charge in [0, 0.05) is 39.8 Å². The van der Waals surface area contributed by atoms with E-state index in [0.717, 1.165) is 13.1 Å². The number of carbonyl (C=O) groups is 1. The fourth-order valence-electron chi connectivity index (χ4n) is 2.51. The Hall–Kier alpha value is -3.36. The average Bonchev–Trinajstić information content (AvgIpc) is 2.73. The maximum absolute atomic E-state index is 12.4. The molecule has 0 unspecified atom stereocenters. The summed E-state index contributed by atoms with van der Waals surface area (Å²) in [6.45, 7) is 2.73. The molecule has 0 radical (unpaired) electrons. The van der Waals surface area contributed by atoms with E-state index >= 15 is 0 Å². The Morgan fingerprint density at radius 3 is 2.86 bits per heavy atom. The van der Waals surface area contributed by atoms with Crippen LogP contribution in [0.4, 0.5) is 17.3 Å². The molecule has 1 atom stereocenters. The van der Waals surface area contributed by atoms with Gasteiger partial charge in [0.05, 0.1) is 30.8 Å². The molecule has 1 fully saturated rings. The monoisotopic (exact) mass is 383 g/mol. The minimum Gasteiger partial charge on any atom is -0.380 e. The number of nitrogens with one attached hydrogen (secondary N) is 3. The number of hydrogen-bond donors (Lipinski definition) is 3. The molecule has 0 aliphatic carbocycles. The molecule has 3 heterocycles. The number of nitriles is 1. The van der Waals surface area contributed by atoms with Crippen LogP contribution >= 0.6 is 0 Å². The molecule has 146 valence electrons. The highest BCUT2D eigenvalue weighted by Crippen LogP contribution is 2.20. The second-order valence-electron chi connectivity index (χ2n) is 6.29. The first-order valence-corrected chi connectivity index (χ1v) is 8.71. The Labute approximate surface area is 162 Å². The van der Waals surface area contributed by atoms with Gasteiger partial charge in [-0.05, 0) is 0 Å². The number of hydrogen-bond acceptors (Lipinski definition) is 10. The van der Waals surface area contributed by atoms with Gasteiger partial charge in [-0.3, -0.25) is 4.79 Å². The van der Waals surface area contributed by atoms with E-state index in [-0.39, 0.29) is 23.4 Å². The first-order chi connectivity index (χ1) is 13.6. The lowest BCUT2D eigenvalue weighted by Gasteiger charge is -2.24. The molecule has 0 saturated carbocycles. The van der Waals surface area contributed by atoms with Gasteiger partial charge in [-0.2, -0.15) is 5.26 Å². The maximum Gasteiger partial charge on any atom is 0.276 e. The number of nitrogens with zero attached hydrogens (tertiary/aromatic N) is 6. The predicted molar refractivity (Wildman–Crippen MR) is 101 cm³/mol. The zero-order valence-corrected chi connectivity index (χ0v) is 15.6. The lowest BCUT2D eigenvalue weighted by Crippen LogP contribution is -2.42. The highest BCUT2D eigenvalue weighted by Gasteiger charge is 2.19. The number of amides is 1. The van der Waals surface area contributed by atoms with Gasteiger partial charge in [-0.15, -0.1) is 10.2 Å². The van der Waals surface area contributed by atoms with Crippen molar-refractivity contribution in [1.82, 2.24) is 30.4 Å². The molecule has 2 aromatic heterocycles. The Balaban J connectivity index is 1.79. The Morgan fingerprint density at radius 1 is 1.36 bits per heavy atom. The second-order valence-corrected chi connectivity index (χ2v) is 6.29. The highest BCUT2D eigenvalue weighted by molar-refractivity contribution is 5.97. The predicted octanol–water partition coefficient (Wildman–Crippen LogP) is -0.0160. The SMILES string of the molecule is CN(C)C(=O)c1nnc(Nc2cnc(C#N)cn2)cc1NC[C@@H]1CNCCO1. The van der Waals surface area contributed by atoms with Gasteiger partial charge in [0.25, 0.3) is 5.91 Å². The molecule has 1 saturated heterocycles. The van der Waals surface area contributed by atoms with Crippen LogP contribution in [0.15, 0.2) is 18.5 Å². The molecule has 1 amide bonds. The lowest BCUT2D eigenvalue weighted by atomic mass is 10.2. The molecule has 28 heavy (non-hydrogen) atoms. The standard InChI is InChI=1S/C17H21N9O2/c1-26(2)17(27)16-13(21-9-12-8-19-3-4-28-12)5-14(24-25-16)23-15-10-20-11(6-18)7-22-15/h5,7,10,12,19H,3-4,8-9H2,1-2H3,(H2,21,22,23,24)/t12-/m0/s1.